The fourth-order valence-electron chi connectivity index (χ4n) is 2.04. The Morgan fingerprint density at radius 1 is 1.44 bits per heavy atom. The molecule has 2 aromatic rings. The minimum absolute atomic E-state index is 0.439. The second-order valence-corrected chi connectivity index (χ2v) is 5.89. The molecule has 86 valence electrons. The fourth-order valence-corrected chi connectivity index (χ4v) is 3.89. The van der Waals surface area contributed by atoms with E-state index in [-0.39, 0.29) is 0 Å². The normalized spacial score (nSPS) is 13.2. The van der Waals surface area contributed by atoms with Gasteiger partial charge in [-0.25, -0.2) is 0 Å². The highest BCUT2D eigenvalue weighted by Gasteiger charge is 2.14. The third-order valence-electron chi connectivity index (χ3n) is 2.86. The highest BCUT2D eigenvalue weighted by atomic mass is 79.9. The molecule has 1 aromatic heterocycles. The van der Waals surface area contributed by atoms with Crippen LogP contribution in [0.25, 0.3) is 10.1 Å². The third-order valence-corrected chi connectivity index (χ3v) is 5.30. The van der Waals surface area contributed by atoms with Crippen molar-refractivity contribution in [2.24, 2.45) is 0 Å². The van der Waals surface area contributed by atoms with Crippen molar-refractivity contribution in [3.05, 3.63) is 33.1 Å². The lowest BCUT2D eigenvalue weighted by atomic mass is 10.1. The first-order valence-corrected chi connectivity index (χ1v) is 7.17. The number of hydrogen-bond acceptors (Lipinski definition) is 2. The predicted molar refractivity (Wildman–Crippen MR) is 76.4 cm³/mol. The predicted octanol–water partition coefficient (Wildman–Crippen LogP) is 4.64. The molecule has 0 radical (unpaired) electrons. The highest BCUT2D eigenvalue weighted by molar-refractivity contribution is 9.10. The first-order valence-electron chi connectivity index (χ1n) is 5.56. The van der Waals surface area contributed by atoms with Gasteiger partial charge in [-0.05, 0) is 53.3 Å². The Labute approximate surface area is 109 Å². The van der Waals surface area contributed by atoms with E-state index in [1.165, 1.54) is 25.0 Å². The summed E-state index contributed by atoms with van der Waals surface area (Å²) in [4.78, 5) is 1.45. The lowest BCUT2D eigenvalue weighted by molar-refractivity contribution is 0.605. The molecule has 1 unspecified atom stereocenters. The molecular weight excluding hydrogens is 282 g/mol. The molecule has 2 rings (SSSR count). The molecule has 0 amide bonds. The zero-order chi connectivity index (χ0) is 11.7. The Kier molecular flexibility index (Phi) is 3.67. The summed E-state index contributed by atoms with van der Waals surface area (Å²) in [7, 11) is 0. The van der Waals surface area contributed by atoms with Crippen LogP contribution in [0.2, 0.25) is 0 Å². The highest BCUT2D eigenvalue weighted by Crippen LogP contribution is 2.38. The molecule has 0 aliphatic heterocycles. The van der Waals surface area contributed by atoms with E-state index in [9.17, 15) is 0 Å². The maximum absolute atomic E-state index is 3.62. The second kappa shape index (κ2) is 4.86. The quantitative estimate of drug-likeness (QED) is 0.870. The largest absolute Gasteiger partial charge is 0.310 e. The topological polar surface area (TPSA) is 12.0 Å². The molecular formula is C13H16BrNS. The van der Waals surface area contributed by atoms with Gasteiger partial charge in [-0.2, -0.15) is 0 Å². The van der Waals surface area contributed by atoms with Gasteiger partial charge in [-0.3, -0.25) is 0 Å². The number of aryl methyl sites for hydroxylation is 1. The van der Waals surface area contributed by atoms with Crippen LogP contribution < -0.4 is 5.32 Å². The zero-order valence-electron chi connectivity index (χ0n) is 9.80. The molecule has 0 aliphatic rings. The molecule has 16 heavy (non-hydrogen) atoms. The Bertz CT molecular complexity index is 504. The lowest BCUT2D eigenvalue weighted by Crippen LogP contribution is -2.17. The molecule has 0 bridgehead atoms. The van der Waals surface area contributed by atoms with Gasteiger partial charge in [0.15, 0.2) is 0 Å². The molecule has 0 aliphatic carbocycles. The van der Waals surface area contributed by atoms with E-state index in [1.807, 2.05) is 11.3 Å². The number of hydrogen-bond donors (Lipinski definition) is 1. The fraction of sp³-hybridized carbons (Fsp3) is 0.385. The molecule has 3 heteroatoms. The standard InChI is InChI=1S/C13H16BrNS/c1-4-15-9(3)12-8(2)10-6-5-7-11(14)13(10)16-12/h5-7,9,15H,4H2,1-3H3. The molecule has 1 nitrogen and oxygen atoms in total. The van der Waals surface area contributed by atoms with Crippen LogP contribution in [0.5, 0.6) is 0 Å². The zero-order valence-corrected chi connectivity index (χ0v) is 12.2. The van der Waals surface area contributed by atoms with E-state index in [0.29, 0.717) is 6.04 Å². The summed E-state index contributed by atoms with van der Waals surface area (Å²) in [5.74, 6) is 0. The van der Waals surface area contributed by atoms with E-state index >= 15 is 0 Å². The van der Waals surface area contributed by atoms with Gasteiger partial charge in [0.1, 0.15) is 0 Å². The Morgan fingerprint density at radius 3 is 2.81 bits per heavy atom. The average Bonchev–Trinajstić information content (AvgIpc) is 2.59. The van der Waals surface area contributed by atoms with Crippen molar-refractivity contribution in [2.75, 3.05) is 6.54 Å². The smallest absolute Gasteiger partial charge is 0.0491 e. The first kappa shape index (κ1) is 12.1. The van der Waals surface area contributed by atoms with Gasteiger partial charge < -0.3 is 5.32 Å². The molecule has 1 N–H and O–H groups in total. The first-order chi connectivity index (χ1) is 7.65. The Hall–Kier alpha value is -0.380. The van der Waals surface area contributed by atoms with Gasteiger partial charge in [-0.15, -0.1) is 11.3 Å². The van der Waals surface area contributed by atoms with Crippen molar-refractivity contribution in [3.63, 3.8) is 0 Å². The second-order valence-electron chi connectivity index (χ2n) is 3.99. The molecule has 0 saturated carbocycles. The van der Waals surface area contributed by atoms with Crippen molar-refractivity contribution >= 4 is 37.4 Å². The van der Waals surface area contributed by atoms with Crippen molar-refractivity contribution in [1.82, 2.24) is 5.32 Å². The van der Waals surface area contributed by atoms with Gasteiger partial charge in [0.25, 0.3) is 0 Å². The summed E-state index contributed by atoms with van der Waals surface area (Å²) in [6.07, 6.45) is 0. The summed E-state index contributed by atoms with van der Waals surface area (Å²) >= 11 is 5.51. The molecule has 1 atom stereocenters. The number of halogens is 1. The van der Waals surface area contributed by atoms with Crippen LogP contribution in [-0.4, -0.2) is 6.54 Å². The number of thiophene rings is 1. The third kappa shape index (κ3) is 2.04. The van der Waals surface area contributed by atoms with Gasteiger partial charge in [-0.1, -0.05) is 19.1 Å². The van der Waals surface area contributed by atoms with Crippen molar-refractivity contribution < 1.29 is 0 Å². The van der Waals surface area contributed by atoms with Crippen LogP contribution >= 0.6 is 27.3 Å². The van der Waals surface area contributed by atoms with Crippen LogP contribution in [0.3, 0.4) is 0 Å². The Balaban J connectivity index is 2.55. The van der Waals surface area contributed by atoms with E-state index in [2.05, 4.69) is 60.2 Å². The van der Waals surface area contributed by atoms with E-state index in [1.54, 1.807) is 0 Å². The summed E-state index contributed by atoms with van der Waals surface area (Å²) in [6, 6.07) is 6.86. The van der Waals surface area contributed by atoms with Crippen molar-refractivity contribution in [1.29, 1.82) is 0 Å². The number of rotatable bonds is 3. The van der Waals surface area contributed by atoms with Crippen LogP contribution in [-0.2, 0) is 0 Å². The van der Waals surface area contributed by atoms with E-state index in [0.717, 1.165) is 6.54 Å². The Morgan fingerprint density at radius 2 is 2.19 bits per heavy atom. The number of benzene rings is 1. The summed E-state index contributed by atoms with van der Waals surface area (Å²) < 4.78 is 2.56. The summed E-state index contributed by atoms with van der Waals surface area (Å²) in [5, 5.41) is 4.85. The molecule has 0 saturated heterocycles. The van der Waals surface area contributed by atoms with Gasteiger partial charge >= 0.3 is 0 Å². The van der Waals surface area contributed by atoms with Gasteiger partial charge in [0.2, 0.25) is 0 Å². The minimum Gasteiger partial charge on any atom is -0.310 e. The maximum Gasteiger partial charge on any atom is 0.0491 e. The van der Waals surface area contributed by atoms with Crippen LogP contribution in [0.1, 0.15) is 30.3 Å². The van der Waals surface area contributed by atoms with Crippen LogP contribution in [0.4, 0.5) is 0 Å². The van der Waals surface area contributed by atoms with E-state index < -0.39 is 0 Å². The van der Waals surface area contributed by atoms with Crippen molar-refractivity contribution in [3.8, 4) is 0 Å². The SMILES string of the molecule is CCNC(C)c1sc2c(Br)cccc2c1C. The summed E-state index contributed by atoms with van der Waals surface area (Å²) in [5.41, 5.74) is 1.41. The van der Waals surface area contributed by atoms with Crippen LogP contribution in [0, 0.1) is 6.92 Å². The number of fused-ring (bicyclic) bond motifs is 1. The van der Waals surface area contributed by atoms with E-state index in [4.69, 9.17) is 0 Å². The molecule has 0 fully saturated rings. The average molecular weight is 298 g/mol. The van der Waals surface area contributed by atoms with Crippen molar-refractivity contribution in [2.45, 2.75) is 26.8 Å². The molecule has 0 spiro atoms. The molecule has 1 heterocycles. The van der Waals surface area contributed by atoms with Gasteiger partial charge in [0.05, 0.1) is 0 Å². The van der Waals surface area contributed by atoms with Gasteiger partial charge in [0, 0.05) is 20.1 Å². The maximum atomic E-state index is 3.62. The van der Waals surface area contributed by atoms with Crippen LogP contribution in [0.15, 0.2) is 22.7 Å². The lowest BCUT2D eigenvalue weighted by Gasteiger charge is -2.11. The summed E-state index contributed by atoms with van der Waals surface area (Å²) in [6.45, 7) is 7.61. The molecule has 1 aromatic carbocycles. The minimum atomic E-state index is 0.439. The number of nitrogens with one attached hydrogen (secondary N) is 1. The monoisotopic (exact) mass is 297 g/mol.